The van der Waals surface area contributed by atoms with Crippen LogP contribution in [0, 0.1) is 0 Å². The normalized spacial score (nSPS) is 20.7. The summed E-state index contributed by atoms with van der Waals surface area (Å²) in [5.74, 6) is 0.200. The van der Waals surface area contributed by atoms with E-state index in [9.17, 15) is 9.90 Å². The molecule has 0 aromatic heterocycles. The highest BCUT2D eigenvalue weighted by molar-refractivity contribution is 9.10. The fraction of sp³-hybridized carbons (Fsp3) is 0.533. The Labute approximate surface area is 137 Å². The number of hydrogen-bond donors (Lipinski definition) is 1. The molecule has 0 spiro atoms. The summed E-state index contributed by atoms with van der Waals surface area (Å²) in [5.41, 5.74) is 3.56. The number of amides is 1. The Morgan fingerprint density at radius 1 is 1.48 bits per heavy atom. The Bertz CT molecular complexity index is 606. The number of carbonyl (C=O) groups is 1. The summed E-state index contributed by atoms with van der Waals surface area (Å²) in [6, 6.07) is 2.29. The Kier molecular flexibility index (Phi) is 3.82. The average Bonchev–Trinajstić information content (AvgIpc) is 2.66. The molecule has 1 atom stereocenters. The van der Waals surface area contributed by atoms with Crippen LogP contribution in [0.2, 0.25) is 5.02 Å². The first kappa shape index (κ1) is 15.0. The third kappa shape index (κ3) is 2.40. The minimum atomic E-state index is -0.838. The van der Waals surface area contributed by atoms with Crippen molar-refractivity contribution >= 4 is 39.3 Å². The van der Waals surface area contributed by atoms with Crippen molar-refractivity contribution in [3.05, 3.63) is 26.7 Å². The van der Waals surface area contributed by atoms with E-state index in [4.69, 9.17) is 11.6 Å². The summed E-state index contributed by atoms with van der Waals surface area (Å²) in [7, 11) is 0. The van der Waals surface area contributed by atoms with E-state index in [1.54, 1.807) is 0 Å². The third-order valence-corrected chi connectivity index (χ3v) is 5.42. The second-order valence-corrected chi connectivity index (χ2v) is 7.26. The third-order valence-electron chi connectivity index (χ3n) is 4.43. The molecule has 0 bridgehead atoms. The van der Waals surface area contributed by atoms with Crippen LogP contribution in [0.3, 0.4) is 0 Å². The molecule has 0 saturated heterocycles. The topological polar surface area (TPSA) is 43.8 Å². The molecule has 1 aromatic rings. The van der Waals surface area contributed by atoms with Gasteiger partial charge >= 0.3 is 6.09 Å². The first-order chi connectivity index (χ1) is 9.90. The predicted molar refractivity (Wildman–Crippen MR) is 87.7 cm³/mol. The highest BCUT2D eigenvalue weighted by Crippen LogP contribution is 2.48. The largest absolute Gasteiger partial charge is 0.465 e. The van der Waals surface area contributed by atoms with Crippen molar-refractivity contribution in [2.24, 2.45) is 0 Å². The molecule has 3 rings (SSSR count). The molecule has 4 nitrogen and oxygen atoms in total. The van der Waals surface area contributed by atoms with Gasteiger partial charge in [-0.05, 0) is 37.5 Å². The molecule has 0 fully saturated rings. The Morgan fingerprint density at radius 3 is 2.81 bits per heavy atom. The summed E-state index contributed by atoms with van der Waals surface area (Å²) < 4.78 is 0.995. The number of anilines is 1. The monoisotopic (exact) mass is 372 g/mol. The lowest BCUT2D eigenvalue weighted by Gasteiger charge is -2.27. The predicted octanol–water partition coefficient (Wildman–Crippen LogP) is 3.95. The van der Waals surface area contributed by atoms with E-state index in [2.05, 4.69) is 34.7 Å². The summed E-state index contributed by atoms with van der Waals surface area (Å²) in [4.78, 5) is 15.2. The lowest BCUT2D eigenvalue weighted by molar-refractivity contribution is 0.144. The number of halogens is 2. The maximum absolute atomic E-state index is 11.4. The van der Waals surface area contributed by atoms with Gasteiger partial charge in [0.15, 0.2) is 0 Å². The fourth-order valence-electron chi connectivity index (χ4n) is 3.47. The van der Waals surface area contributed by atoms with E-state index in [0.29, 0.717) is 19.1 Å². The standard InChI is InChI=1S/C15H18BrClN2O2/c1-8(2)19-7-9-6-18(15(20)21)4-3-10-11(16)5-12(17)14(19)13(9)10/h5,8-9H,3-4,6-7H2,1-2H3,(H,20,21)/t9-/m0/s1. The van der Waals surface area contributed by atoms with Crippen molar-refractivity contribution in [2.75, 3.05) is 24.5 Å². The Hall–Kier alpha value is -0.940. The molecule has 1 aromatic carbocycles. The second kappa shape index (κ2) is 5.36. The van der Waals surface area contributed by atoms with Gasteiger partial charge in [0.05, 0.1) is 10.7 Å². The van der Waals surface area contributed by atoms with Crippen molar-refractivity contribution in [2.45, 2.75) is 32.2 Å². The maximum atomic E-state index is 11.4. The second-order valence-electron chi connectivity index (χ2n) is 6.00. The lowest BCUT2D eigenvalue weighted by atomic mass is 9.95. The van der Waals surface area contributed by atoms with Crippen LogP contribution in [0.25, 0.3) is 0 Å². The van der Waals surface area contributed by atoms with Gasteiger partial charge in [0.1, 0.15) is 0 Å². The first-order valence-electron chi connectivity index (χ1n) is 7.15. The van der Waals surface area contributed by atoms with Crippen LogP contribution in [0.1, 0.15) is 30.9 Å². The molecular formula is C15H18BrClN2O2. The van der Waals surface area contributed by atoms with Gasteiger partial charge in [-0.25, -0.2) is 4.79 Å². The number of nitrogens with zero attached hydrogens (tertiary/aromatic N) is 2. The average molecular weight is 374 g/mol. The van der Waals surface area contributed by atoms with Crippen molar-refractivity contribution in [1.29, 1.82) is 0 Å². The van der Waals surface area contributed by atoms with Gasteiger partial charge in [0.25, 0.3) is 0 Å². The fourth-order valence-corrected chi connectivity index (χ4v) is 4.56. The van der Waals surface area contributed by atoms with Crippen molar-refractivity contribution in [3.8, 4) is 0 Å². The molecule has 0 aliphatic carbocycles. The van der Waals surface area contributed by atoms with E-state index < -0.39 is 6.09 Å². The van der Waals surface area contributed by atoms with Gasteiger partial charge in [0, 0.05) is 36.1 Å². The summed E-state index contributed by atoms with van der Waals surface area (Å²) in [6.45, 7) is 6.21. The summed E-state index contributed by atoms with van der Waals surface area (Å²) >= 11 is 10.1. The molecule has 0 saturated carbocycles. The highest BCUT2D eigenvalue weighted by atomic mass is 79.9. The van der Waals surface area contributed by atoms with Crippen LogP contribution in [0.4, 0.5) is 10.5 Å². The zero-order valence-electron chi connectivity index (χ0n) is 12.1. The molecule has 6 heteroatoms. The zero-order valence-corrected chi connectivity index (χ0v) is 14.4. The number of benzene rings is 1. The molecule has 0 radical (unpaired) electrons. The van der Waals surface area contributed by atoms with Gasteiger partial charge in [0.2, 0.25) is 0 Å². The molecule has 2 aliphatic rings. The Morgan fingerprint density at radius 2 is 2.19 bits per heavy atom. The van der Waals surface area contributed by atoms with E-state index in [0.717, 1.165) is 28.1 Å². The van der Waals surface area contributed by atoms with Crippen LogP contribution >= 0.6 is 27.5 Å². The highest BCUT2D eigenvalue weighted by Gasteiger charge is 2.38. The molecule has 1 amide bonds. The van der Waals surface area contributed by atoms with E-state index in [1.807, 2.05) is 6.07 Å². The van der Waals surface area contributed by atoms with Crippen LogP contribution < -0.4 is 4.90 Å². The maximum Gasteiger partial charge on any atom is 0.407 e. The lowest BCUT2D eigenvalue weighted by Crippen LogP contribution is -2.36. The Balaban J connectivity index is 2.14. The molecule has 2 aliphatic heterocycles. The van der Waals surface area contributed by atoms with Gasteiger partial charge in [-0.3, -0.25) is 0 Å². The first-order valence-corrected chi connectivity index (χ1v) is 8.32. The zero-order chi connectivity index (χ0) is 15.3. The summed E-state index contributed by atoms with van der Waals surface area (Å²) in [5, 5.41) is 10.1. The van der Waals surface area contributed by atoms with Crippen LogP contribution in [0.15, 0.2) is 10.5 Å². The van der Waals surface area contributed by atoms with Gasteiger partial charge < -0.3 is 14.9 Å². The number of rotatable bonds is 1. The van der Waals surface area contributed by atoms with Gasteiger partial charge in [-0.15, -0.1) is 0 Å². The molecular weight excluding hydrogens is 356 g/mol. The van der Waals surface area contributed by atoms with Crippen LogP contribution in [0.5, 0.6) is 0 Å². The van der Waals surface area contributed by atoms with Crippen LogP contribution in [-0.4, -0.2) is 41.8 Å². The molecule has 0 unspecified atom stereocenters. The van der Waals surface area contributed by atoms with Crippen molar-refractivity contribution < 1.29 is 9.90 Å². The van der Waals surface area contributed by atoms with E-state index >= 15 is 0 Å². The molecule has 114 valence electrons. The quantitative estimate of drug-likeness (QED) is 0.810. The van der Waals surface area contributed by atoms with Crippen molar-refractivity contribution in [3.63, 3.8) is 0 Å². The SMILES string of the molecule is CC(C)N1C[C@@H]2CN(C(=O)O)CCc3c(Br)cc(Cl)c1c32. The van der Waals surface area contributed by atoms with E-state index in [-0.39, 0.29) is 5.92 Å². The molecule has 21 heavy (non-hydrogen) atoms. The smallest absolute Gasteiger partial charge is 0.407 e. The minimum absolute atomic E-state index is 0.200. The van der Waals surface area contributed by atoms with Crippen LogP contribution in [-0.2, 0) is 6.42 Å². The molecule has 1 N–H and O–H groups in total. The minimum Gasteiger partial charge on any atom is -0.465 e. The van der Waals surface area contributed by atoms with Crippen molar-refractivity contribution in [1.82, 2.24) is 4.90 Å². The van der Waals surface area contributed by atoms with Gasteiger partial charge in [-0.1, -0.05) is 27.5 Å². The van der Waals surface area contributed by atoms with Gasteiger partial charge in [-0.2, -0.15) is 0 Å². The summed E-state index contributed by atoms with van der Waals surface area (Å²) in [6.07, 6.45) is -0.107. The van der Waals surface area contributed by atoms with E-state index in [1.165, 1.54) is 16.0 Å². The number of hydrogen-bond acceptors (Lipinski definition) is 2. The molecule has 2 heterocycles. The number of carboxylic acid groups (broad SMARTS) is 1.